The highest BCUT2D eigenvalue weighted by Crippen LogP contribution is 2.33. The van der Waals surface area contributed by atoms with Gasteiger partial charge in [-0.05, 0) is 38.0 Å². The Balaban J connectivity index is 2.29. The largest absolute Gasteiger partial charge is 0.351 e. The van der Waals surface area contributed by atoms with Crippen molar-refractivity contribution >= 4 is 17.5 Å². The summed E-state index contributed by atoms with van der Waals surface area (Å²) in [7, 11) is 0. The van der Waals surface area contributed by atoms with Crippen LogP contribution in [0.3, 0.4) is 0 Å². The van der Waals surface area contributed by atoms with Gasteiger partial charge in [-0.3, -0.25) is 4.79 Å². The predicted molar refractivity (Wildman–Crippen MR) is 61.0 cm³/mol. The molecule has 2 nitrogen and oxygen atoms in total. The molecule has 80 valence electrons. The van der Waals surface area contributed by atoms with Gasteiger partial charge in [0.1, 0.15) is 0 Å². The van der Waals surface area contributed by atoms with E-state index in [0.717, 1.165) is 12.0 Å². The summed E-state index contributed by atoms with van der Waals surface area (Å²) in [5, 5.41) is 3.66. The smallest absolute Gasteiger partial charge is 0.228 e. The van der Waals surface area contributed by atoms with Gasteiger partial charge in [-0.2, -0.15) is 0 Å². The van der Waals surface area contributed by atoms with Gasteiger partial charge in [0, 0.05) is 10.6 Å². The molecule has 1 fully saturated rings. The van der Waals surface area contributed by atoms with Crippen LogP contribution in [0.5, 0.6) is 0 Å². The highest BCUT2D eigenvalue weighted by atomic mass is 35.5. The normalized spacial score (nSPS) is 23.9. The molecule has 0 saturated carbocycles. The minimum atomic E-state index is -0.107. The van der Waals surface area contributed by atoms with Gasteiger partial charge >= 0.3 is 0 Å². The van der Waals surface area contributed by atoms with Gasteiger partial charge in [-0.25, -0.2) is 0 Å². The van der Waals surface area contributed by atoms with Crippen molar-refractivity contribution in [3.63, 3.8) is 0 Å². The van der Waals surface area contributed by atoms with E-state index in [2.05, 4.69) is 5.32 Å². The minimum absolute atomic E-state index is 0.0568. The molecule has 1 unspecified atom stereocenters. The van der Waals surface area contributed by atoms with Crippen LogP contribution in [0.25, 0.3) is 0 Å². The fourth-order valence-electron chi connectivity index (χ4n) is 2.07. The van der Waals surface area contributed by atoms with Crippen LogP contribution in [-0.4, -0.2) is 11.4 Å². The zero-order valence-electron chi connectivity index (χ0n) is 8.88. The summed E-state index contributed by atoms with van der Waals surface area (Å²) in [6.07, 6.45) is 0.826. The van der Waals surface area contributed by atoms with Crippen LogP contribution in [0, 0.1) is 0 Å². The molecule has 0 aromatic heterocycles. The fraction of sp³-hybridized carbons (Fsp3) is 0.417. The molecule has 1 aliphatic rings. The first-order valence-electron chi connectivity index (χ1n) is 5.05. The second kappa shape index (κ2) is 3.53. The van der Waals surface area contributed by atoms with Crippen molar-refractivity contribution in [3.05, 3.63) is 34.9 Å². The number of hydrogen-bond donors (Lipinski definition) is 1. The third kappa shape index (κ3) is 2.15. The number of halogens is 1. The Bertz CT molecular complexity index is 400. The molecule has 1 aliphatic heterocycles. The van der Waals surface area contributed by atoms with E-state index in [4.69, 9.17) is 11.6 Å². The van der Waals surface area contributed by atoms with Crippen LogP contribution in [0.1, 0.15) is 31.7 Å². The Morgan fingerprint density at radius 3 is 2.73 bits per heavy atom. The molecule has 0 spiro atoms. The fourth-order valence-corrected chi connectivity index (χ4v) is 2.27. The monoisotopic (exact) mass is 223 g/mol. The SMILES string of the molecule is CC1(C)CC(c2cccc(Cl)c2)C(=O)N1. The lowest BCUT2D eigenvalue weighted by atomic mass is 9.91. The van der Waals surface area contributed by atoms with E-state index < -0.39 is 0 Å². The number of rotatable bonds is 1. The van der Waals surface area contributed by atoms with Crippen molar-refractivity contribution in [1.29, 1.82) is 0 Å². The van der Waals surface area contributed by atoms with Gasteiger partial charge in [0.05, 0.1) is 5.92 Å². The summed E-state index contributed by atoms with van der Waals surface area (Å²) in [5.41, 5.74) is 0.898. The first-order valence-corrected chi connectivity index (χ1v) is 5.43. The summed E-state index contributed by atoms with van der Waals surface area (Å²) >= 11 is 5.91. The molecule has 2 rings (SSSR count). The molecule has 1 aromatic rings. The van der Waals surface area contributed by atoms with E-state index in [1.165, 1.54) is 0 Å². The van der Waals surface area contributed by atoms with E-state index in [9.17, 15) is 4.79 Å². The molecule has 1 amide bonds. The molecule has 0 aliphatic carbocycles. The molecule has 1 N–H and O–H groups in total. The van der Waals surface area contributed by atoms with Crippen LogP contribution >= 0.6 is 11.6 Å². The highest BCUT2D eigenvalue weighted by Gasteiger charge is 2.37. The van der Waals surface area contributed by atoms with E-state index in [1.54, 1.807) is 0 Å². The summed E-state index contributed by atoms with van der Waals surface area (Å²) in [6.45, 7) is 4.07. The summed E-state index contributed by atoms with van der Waals surface area (Å²) in [4.78, 5) is 11.7. The topological polar surface area (TPSA) is 29.1 Å². The number of amides is 1. The molecule has 1 atom stereocenters. The molecular weight excluding hydrogens is 210 g/mol. The average Bonchev–Trinajstić information content (AvgIpc) is 2.40. The summed E-state index contributed by atoms with van der Waals surface area (Å²) < 4.78 is 0. The molecule has 0 radical (unpaired) electrons. The van der Waals surface area contributed by atoms with Crippen molar-refractivity contribution in [2.24, 2.45) is 0 Å². The van der Waals surface area contributed by atoms with E-state index >= 15 is 0 Å². The molecule has 1 saturated heterocycles. The molecule has 3 heteroatoms. The number of carbonyl (C=O) groups excluding carboxylic acids is 1. The van der Waals surface area contributed by atoms with Crippen molar-refractivity contribution in [3.8, 4) is 0 Å². The average molecular weight is 224 g/mol. The van der Waals surface area contributed by atoms with Crippen molar-refractivity contribution in [2.45, 2.75) is 31.7 Å². The number of nitrogens with one attached hydrogen (secondary N) is 1. The Morgan fingerprint density at radius 1 is 1.47 bits per heavy atom. The maximum absolute atomic E-state index is 11.7. The zero-order chi connectivity index (χ0) is 11.1. The molecule has 0 bridgehead atoms. The van der Waals surface area contributed by atoms with Gasteiger partial charge in [0.2, 0.25) is 5.91 Å². The summed E-state index contributed by atoms with van der Waals surface area (Å²) in [6, 6.07) is 7.53. The van der Waals surface area contributed by atoms with Crippen molar-refractivity contribution < 1.29 is 4.79 Å². The van der Waals surface area contributed by atoms with E-state index in [1.807, 2.05) is 38.1 Å². The van der Waals surface area contributed by atoms with Gasteiger partial charge in [-0.1, -0.05) is 23.7 Å². The first kappa shape index (κ1) is 10.5. The maximum Gasteiger partial charge on any atom is 0.228 e. The van der Waals surface area contributed by atoms with E-state index in [0.29, 0.717) is 5.02 Å². The lowest BCUT2D eigenvalue weighted by molar-refractivity contribution is -0.120. The lowest BCUT2D eigenvalue weighted by Gasteiger charge is -2.16. The quantitative estimate of drug-likeness (QED) is 0.780. The van der Waals surface area contributed by atoms with Crippen molar-refractivity contribution in [2.75, 3.05) is 0 Å². The Hall–Kier alpha value is -1.02. The van der Waals surface area contributed by atoms with Crippen molar-refractivity contribution in [1.82, 2.24) is 5.32 Å². The van der Waals surface area contributed by atoms with Gasteiger partial charge < -0.3 is 5.32 Å². The lowest BCUT2D eigenvalue weighted by Crippen LogP contribution is -2.34. The number of hydrogen-bond acceptors (Lipinski definition) is 1. The standard InChI is InChI=1S/C12H14ClNO/c1-12(2)7-10(11(15)14-12)8-4-3-5-9(13)6-8/h3-6,10H,7H2,1-2H3,(H,14,15). The highest BCUT2D eigenvalue weighted by molar-refractivity contribution is 6.30. The van der Waals surface area contributed by atoms with Crippen LogP contribution < -0.4 is 5.32 Å². The van der Waals surface area contributed by atoms with Crippen LogP contribution in [0.2, 0.25) is 5.02 Å². The first-order chi connectivity index (χ1) is 6.98. The second-order valence-corrected chi connectivity index (χ2v) is 5.12. The molecule has 1 aromatic carbocycles. The van der Waals surface area contributed by atoms with Gasteiger partial charge in [-0.15, -0.1) is 0 Å². The van der Waals surface area contributed by atoms with Gasteiger partial charge in [0.15, 0.2) is 0 Å². The minimum Gasteiger partial charge on any atom is -0.351 e. The molecular formula is C12H14ClNO. The Kier molecular flexibility index (Phi) is 2.47. The van der Waals surface area contributed by atoms with Crippen LogP contribution in [0.4, 0.5) is 0 Å². The molecule has 1 heterocycles. The zero-order valence-corrected chi connectivity index (χ0v) is 9.64. The summed E-state index contributed by atoms with van der Waals surface area (Å²) in [5.74, 6) is 0.0426. The number of benzene rings is 1. The van der Waals surface area contributed by atoms with E-state index in [-0.39, 0.29) is 17.4 Å². The maximum atomic E-state index is 11.7. The van der Waals surface area contributed by atoms with Crippen LogP contribution in [-0.2, 0) is 4.79 Å². The van der Waals surface area contributed by atoms with Crippen LogP contribution in [0.15, 0.2) is 24.3 Å². The Morgan fingerprint density at radius 2 is 2.20 bits per heavy atom. The second-order valence-electron chi connectivity index (χ2n) is 4.68. The predicted octanol–water partition coefficient (Wildman–Crippen LogP) is 2.72. The number of carbonyl (C=O) groups is 1. The third-order valence-electron chi connectivity index (χ3n) is 2.74. The molecule has 15 heavy (non-hydrogen) atoms. The third-order valence-corrected chi connectivity index (χ3v) is 2.98. The Labute approximate surface area is 94.6 Å². The van der Waals surface area contributed by atoms with Gasteiger partial charge in [0.25, 0.3) is 0 Å².